The van der Waals surface area contributed by atoms with Crippen molar-refractivity contribution in [2.45, 2.75) is 0 Å². The van der Waals surface area contributed by atoms with Crippen molar-refractivity contribution in [1.82, 2.24) is 0 Å². The Labute approximate surface area is 327 Å². The summed E-state index contributed by atoms with van der Waals surface area (Å²) in [6.45, 7) is 0. The molecule has 0 aliphatic heterocycles. The van der Waals surface area contributed by atoms with E-state index in [0.717, 1.165) is 55.7 Å². The summed E-state index contributed by atoms with van der Waals surface area (Å²) in [4.78, 5) is 2.38. The van der Waals surface area contributed by atoms with E-state index in [1.54, 1.807) is 0 Å². The highest BCUT2D eigenvalue weighted by Gasteiger charge is 2.21. The molecule has 0 atom stereocenters. The third kappa shape index (κ3) is 6.04. The lowest BCUT2D eigenvalue weighted by atomic mass is 9.87. The van der Waals surface area contributed by atoms with Crippen LogP contribution in [-0.2, 0) is 0 Å². The Morgan fingerprint density at radius 3 is 1.57 bits per heavy atom. The van der Waals surface area contributed by atoms with E-state index in [4.69, 9.17) is 4.42 Å². The molecule has 2 nitrogen and oxygen atoms in total. The Hall–Kier alpha value is -7.42. The number of hydrogen-bond donors (Lipinski definition) is 0. The second kappa shape index (κ2) is 14.4. The molecule has 0 unspecified atom stereocenters. The van der Waals surface area contributed by atoms with Crippen LogP contribution in [0.2, 0.25) is 0 Å². The highest BCUT2D eigenvalue weighted by atomic mass is 16.3. The first-order valence-corrected chi connectivity index (χ1v) is 19.1. The van der Waals surface area contributed by atoms with Gasteiger partial charge >= 0.3 is 0 Å². The van der Waals surface area contributed by atoms with Crippen molar-refractivity contribution in [3.8, 4) is 55.6 Å². The van der Waals surface area contributed by atoms with E-state index < -0.39 is 0 Å². The molecule has 1 aromatic heterocycles. The van der Waals surface area contributed by atoms with Crippen LogP contribution in [0.25, 0.3) is 77.6 Å². The lowest BCUT2D eigenvalue weighted by molar-refractivity contribution is 0.670. The molecular weight excluding hydrogens is 679 g/mol. The quantitative estimate of drug-likeness (QED) is 0.156. The van der Waals surface area contributed by atoms with Crippen molar-refractivity contribution in [1.29, 1.82) is 0 Å². The third-order valence-electron chi connectivity index (χ3n) is 10.7. The summed E-state index contributed by atoms with van der Waals surface area (Å²) in [6, 6.07) is 80.1. The van der Waals surface area contributed by atoms with Crippen molar-refractivity contribution < 1.29 is 4.42 Å². The van der Waals surface area contributed by atoms with Crippen LogP contribution in [0.15, 0.2) is 229 Å². The normalized spacial score (nSPS) is 11.2. The highest BCUT2D eigenvalue weighted by Crippen LogP contribution is 2.47. The van der Waals surface area contributed by atoms with E-state index in [2.05, 4.69) is 217 Å². The van der Waals surface area contributed by atoms with Crippen LogP contribution in [0.4, 0.5) is 17.1 Å². The monoisotopic (exact) mass is 715 g/mol. The fourth-order valence-corrected chi connectivity index (χ4v) is 8.06. The smallest absolute Gasteiger partial charge is 0.143 e. The van der Waals surface area contributed by atoms with Crippen LogP contribution in [0.3, 0.4) is 0 Å². The Bertz CT molecular complexity index is 2950. The largest absolute Gasteiger partial charge is 0.455 e. The number of hydrogen-bond acceptors (Lipinski definition) is 2. The van der Waals surface area contributed by atoms with Gasteiger partial charge in [0.25, 0.3) is 0 Å². The minimum atomic E-state index is 0.903. The van der Waals surface area contributed by atoms with Gasteiger partial charge in [-0.1, -0.05) is 182 Å². The van der Waals surface area contributed by atoms with E-state index >= 15 is 0 Å². The zero-order valence-corrected chi connectivity index (χ0v) is 30.7. The molecule has 0 saturated carbocycles. The van der Waals surface area contributed by atoms with Gasteiger partial charge in [0, 0.05) is 33.3 Å². The Morgan fingerprint density at radius 1 is 0.286 bits per heavy atom. The number of nitrogens with zero attached hydrogens (tertiary/aromatic N) is 1. The molecule has 0 radical (unpaired) electrons. The second-order valence-electron chi connectivity index (χ2n) is 14.1. The molecule has 2 heteroatoms. The van der Waals surface area contributed by atoms with E-state index in [9.17, 15) is 0 Å². The molecular formula is C54H37NO. The average molecular weight is 716 g/mol. The topological polar surface area (TPSA) is 16.4 Å². The van der Waals surface area contributed by atoms with Crippen LogP contribution in [0, 0.1) is 0 Å². The number of para-hydroxylation sites is 4. The molecule has 0 fully saturated rings. The van der Waals surface area contributed by atoms with Crippen molar-refractivity contribution in [3.63, 3.8) is 0 Å². The third-order valence-corrected chi connectivity index (χ3v) is 10.7. The molecule has 10 rings (SSSR count). The van der Waals surface area contributed by atoms with Gasteiger partial charge in [-0.05, 0) is 87.0 Å². The van der Waals surface area contributed by atoms with E-state index in [-0.39, 0.29) is 0 Å². The summed E-state index contributed by atoms with van der Waals surface area (Å²) in [7, 11) is 0. The molecule has 0 amide bonds. The van der Waals surface area contributed by atoms with Crippen molar-refractivity contribution in [2.24, 2.45) is 0 Å². The lowest BCUT2D eigenvalue weighted by Gasteiger charge is -2.29. The van der Waals surface area contributed by atoms with Crippen LogP contribution in [0.1, 0.15) is 0 Å². The van der Waals surface area contributed by atoms with Crippen molar-refractivity contribution >= 4 is 39.0 Å². The van der Waals surface area contributed by atoms with E-state index in [1.807, 2.05) is 12.1 Å². The maximum Gasteiger partial charge on any atom is 0.143 e. The summed E-state index contributed by atoms with van der Waals surface area (Å²) in [5.74, 6) is 0. The van der Waals surface area contributed by atoms with Crippen LogP contribution < -0.4 is 4.90 Å². The van der Waals surface area contributed by atoms with Gasteiger partial charge in [0.2, 0.25) is 0 Å². The first-order chi connectivity index (χ1) is 27.8. The van der Waals surface area contributed by atoms with Gasteiger partial charge in [0.05, 0.1) is 5.69 Å². The van der Waals surface area contributed by atoms with Crippen LogP contribution in [-0.4, -0.2) is 0 Å². The predicted molar refractivity (Wildman–Crippen MR) is 236 cm³/mol. The molecule has 264 valence electrons. The Kier molecular flexibility index (Phi) is 8.55. The molecule has 1 heterocycles. The fraction of sp³-hybridized carbons (Fsp3) is 0. The summed E-state index contributed by atoms with van der Waals surface area (Å²) >= 11 is 0. The molecule has 56 heavy (non-hydrogen) atoms. The number of anilines is 3. The molecule has 0 saturated heterocycles. The summed E-state index contributed by atoms with van der Waals surface area (Å²) < 4.78 is 6.43. The zero-order chi connectivity index (χ0) is 37.3. The molecule has 10 aromatic rings. The molecule has 0 bridgehead atoms. The standard InChI is InChI=1S/C54H37NO/c1-4-17-38(18-5-1)41-33-36-47(46-24-11-10-23-44(46)39-19-6-2-7-20-39)51(37-41)48-25-12-14-29-52(48)55(42-21-8-3-9-22-42)43-34-31-40(32-35-43)45-27-16-28-50-49-26-13-15-30-53(49)56-54(45)50/h1-37H. The van der Waals surface area contributed by atoms with Gasteiger partial charge < -0.3 is 9.32 Å². The second-order valence-corrected chi connectivity index (χ2v) is 14.1. The number of fused-ring (bicyclic) bond motifs is 3. The van der Waals surface area contributed by atoms with Crippen molar-refractivity contribution in [2.75, 3.05) is 4.90 Å². The molecule has 0 aliphatic carbocycles. The zero-order valence-electron chi connectivity index (χ0n) is 30.7. The first-order valence-electron chi connectivity index (χ1n) is 19.1. The van der Waals surface area contributed by atoms with Gasteiger partial charge in [-0.15, -0.1) is 0 Å². The van der Waals surface area contributed by atoms with Crippen molar-refractivity contribution in [3.05, 3.63) is 224 Å². The van der Waals surface area contributed by atoms with Gasteiger partial charge in [0.15, 0.2) is 0 Å². The van der Waals surface area contributed by atoms with Gasteiger partial charge in [-0.2, -0.15) is 0 Å². The molecule has 9 aromatic carbocycles. The average Bonchev–Trinajstić information content (AvgIpc) is 3.67. The number of rotatable bonds is 8. The minimum absolute atomic E-state index is 0.903. The number of benzene rings is 9. The molecule has 0 aliphatic rings. The summed E-state index contributed by atoms with van der Waals surface area (Å²) in [5, 5.41) is 2.26. The number of furan rings is 1. The Morgan fingerprint density at radius 2 is 0.804 bits per heavy atom. The molecule has 0 N–H and O–H groups in total. The SMILES string of the molecule is c1ccc(-c2ccc(-c3ccccc3-c3ccccc3)c(-c3ccccc3N(c3ccccc3)c3ccc(-c4cccc5c4oc4ccccc45)cc3)c2)cc1. The first kappa shape index (κ1) is 33.2. The molecule has 0 spiro atoms. The van der Waals surface area contributed by atoms with Crippen LogP contribution >= 0.6 is 0 Å². The van der Waals surface area contributed by atoms with Gasteiger partial charge in [-0.3, -0.25) is 0 Å². The van der Waals surface area contributed by atoms with Gasteiger partial charge in [-0.25, -0.2) is 0 Å². The summed E-state index contributed by atoms with van der Waals surface area (Å²) in [5.41, 5.74) is 16.7. The van der Waals surface area contributed by atoms with E-state index in [1.165, 1.54) is 38.9 Å². The Balaban J connectivity index is 1.15. The van der Waals surface area contributed by atoms with E-state index in [0.29, 0.717) is 0 Å². The maximum atomic E-state index is 6.43. The summed E-state index contributed by atoms with van der Waals surface area (Å²) in [6.07, 6.45) is 0. The van der Waals surface area contributed by atoms with Crippen LogP contribution in [0.5, 0.6) is 0 Å². The van der Waals surface area contributed by atoms with Gasteiger partial charge in [0.1, 0.15) is 11.2 Å². The predicted octanol–water partition coefficient (Wildman–Crippen LogP) is 15.4. The lowest BCUT2D eigenvalue weighted by Crippen LogP contribution is -2.11. The minimum Gasteiger partial charge on any atom is -0.455 e. The fourth-order valence-electron chi connectivity index (χ4n) is 8.06. The highest BCUT2D eigenvalue weighted by molar-refractivity contribution is 6.09. The maximum absolute atomic E-state index is 6.43.